The van der Waals surface area contributed by atoms with E-state index in [1.54, 1.807) is 24.3 Å². The average Bonchev–Trinajstić information content (AvgIpc) is 2.66. The number of ether oxygens (including phenoxy) is 2. The Labute approximate surface area is 166 Å². The molecule has 26 heavy (non-hydrogen) atoms. The van der Waals surface area contributed by atoms with Gasteiger partial charge in [-0.3, -0.25) is 9.59 Å². The van der Waals surface area contributed by atoms with Gasteiger partial charge in [-0.05, 0) is 48.4 Å². The van der Waals surface area contributed by atoms with E-state index in [1.807, 2.05) is 24.3 Å². The highest BCUT2D eigenvalue weighted by Gasteiger charge is 2.32. The predicted molar refractivity (Wildman–Crippen MR) is 104 cm³/mol. The minimum absolute atomic E-state index is 0.184. The fourth-order valence-electron chi connectivity index (χ4n) is 2.39. The number of hydrogen-bond acceptors (Lipinski definition) is 5. The molecule has 1 unspecified atom stereocenters. The monoisotopic (exact) mass is 412 g/mol. The molecule has 0 spiro atoms. The van der Waals surface area contributed by atoms with Crippen molar-refractivity contribution in [3.63, 3.8) is 0 Å². The molecule has 138 valence electrons. The summed E-state index contributed by atoms with van der Waals surface area (Å²) in [6, 6.07) is 14.7. The third-order valence-corrected chi connectivity index (χ3v) is 5.55. The number of rotatable bonds is 7. The third kappa shape index (κ3) is 5.66. The molecule has 0 aliphatic heterocycles. The number of hydrogen-bond donors (Lipinski definition) is 0. The van der Waals surface area contributed by atoms with Gasteiger partial charge in [0.1, 0.15) is 0 Å². The van der Waals surface area contributed by atoms with Crippen LogP contribution in [0.5, 0.6) is 0 Å². The van der Waals surface area contributed by atoms with Crippen molar-refractivity contribution in [2.24, 2.45) is 5.92 Å². The van der Waals surface area contributed by atoms with Gasteiger partial charge in [0.2, 0.25) is 0 Å². The zero-order valence-electron chi connectivity index (χ0n) is 14.3. The van der Waals surface area contributed by atoms with Crippen LogP contribution in [0, 0.1) is 5.92 Å². The van der Waals surface area contributed by atoms with Crippen LogP contribution in [0.25, 0.3) is 0 Å². The van der Waals surface area contributed by atoms with Gasteiger partial charge in [-0.25, -0.2) is 0 Å². The predicted octanol–water partition coefficient (Wildman–Crippen LogP) is 5.18. The summed E-state index contributed by atoms with van der Waals surface area (Å²) < 4.78 is 9.54. The van der Waals surface area contributed by atoms with E-state index in [2.05, 4.69) is 0 Å². The molecule has 0 aliphatic rings. The first-order chi connectivity index (χ1) is 12.4. The first-order valence-corrected chi connectivity index (χ1v) is 9.41. The fraction of sp³-hybridized carbons (Fsp3) is 0.263. The molecule has 0 heterocycles. The molecule has 2 rings (SSSR count). The highest BCUT2D eigenvalue weighted by molar-refractivity contribution is 7.99. The topological polar surface area (TPSA) is 52.6 Å². The van der Waals surface area contributed by atoms with Crippen molar-refractivity contribution in [1.29, 1.82) is 0 Å². The number of methoxy groups -OCH3 is 2. The molecule has 0 radical (unpaired) electrons. The van der Waals surface area contributed by atoms with E-state index in [1.165, 1.54) is 26.0 Å². The van der Waals surface area contributed by atoms with Crippen molar-refractivity contribution >= 4 is 46.9 Å². The Hall–Kier alpha value is -1.69. The van der Waals surface area contributed by atoms with Gasteiger partial charge in [-0.1, -0.05) is 35.3 Å². The van der Waals surface area contributed by atoms with Gasteiger partial charge in [-0.2, -0.15) is 0 Å². The number of esters is 2. The van der Waals surface area contributed by atoms with Gasteiger partial charge >= 0.3 is 11.9 Å². The largest absolute Gasteiger partial charge is 0.468 e. The standard InChI is InChI=1S/C19H18Cl2O4S/c1-24-18(22)16(19(23)25-2)11-17(12-3-5-13(20)6-4-12)26-15-9-7-14(21)8-10-15/h3-10,16-17H,11H2,1-2H3. The van der Waals surface area contributed by atoms with Crippen molar-refractivity contribution in [2.75, 3.05) is 14.2 Å². The molecule has 2 aromatic carbocycles. The van der Waals surface area contributed by atoms with Crippen LogP contribution in [0.1, 0.15) is 17.2 Å². The smallest absolute Gasteiger partial charge is 0.320 e. The molecule has 0 saturated carbocycles. The molecule has 1 atom stereocenters. The number of benzene rings is 2. The second-order valence-electron chi connectivity index (χ2n) is 5.45. The molecular formula is C19H18Cl2O4S. The molecule has 7 heteroatoms. The molecule has 0 fully saturated rings. The number of thioether (sulfide) groups is 1. The molecule has 4 nitrogen and oxygen atoms in total. The van der Waals surface area contributed by atoms with Crippen molar-refractivity contribution < 1.29 is 19.1 Å². The molecular weight excluding hydrogens is 395 g/mol. The average molecular weight is 413 g/mol. The fourth-order valence-corrected chi connectivity index (χ4v) is 3.85. The summed E-state index contributed by atoms with van der Waals surface area (Å²) in [5.74, 6) is -2.24. The SMILES string of the molecule is COC(=O)C(CC(Sc1ccc(Cl)cc1)c1ccc(Cl)cc1)C(=O)OC. The summed E-state index contributed by atoms with van der Waals surface area (Å²) in [6.45, 7) is 0. The molecule has 2 aromatic rings. The van der Waals surface area contributed by atoms with Crippen LogP contribution in [0.15, 0.2) is 53.4 Å². The van der Waals surface area contributed by atoms with Gasteiger partial charge < -0.3 is 9.47 Å². The summed E-state index contributed by atoms with van der Waals surface area (Å²) >= 11 is 13.4. The lowest BCUT2D eigenvalue weighted by Crippen LogP contribution is -2.27. The molecule has 0 aromatic heterocycles. The highest BCUT2D eigenvalue weighted by atomic mass is 35.5. The van der Waals surface area contributed by atoms with Crippen LogP contribution in [0.2, 0.25) is 10.0 Å². The summed E-state index contributed by atoms with van der Waals surface area (Å²) in [5, 5.41) is 1.07. The van der Waals surface area contributed by atoms with E-state index in [9.17, 15) is 9.59 Å². The third-order valence-electron chi connectivity index (χ3n) is 3.75. The lowest BCUT2D eigenvalue weighted by atomic mass is 9.99. The minimum atomic E-state index is -1.01. The molecule has 0 N–H and O–H groups in total. The second kappa shape index (κ2) is 9.86. The Bertz CT molecular complexity index is 731. The van der Waals surface area contributed by atoms with E-state index < -0.39 is 17.9 Å². The zero-order valence-corrected chi connectivity index (χ0v) is 16.6. The summed E-state index contributed by atoms with van der Waals surface area (Å²) in [6.07, 6.45) is 0.230. The van der Waals surface area contributed by atoms with E-state index >= 15 is 0 Å². The Kier molecular flexibility index (Phi) is 7.82. The van der Waals surface area contributed by atoms with Crippen LogP contribution in [0.4, 0.5) is 0 Å². The molecule has 0 aliphatic carbocycles. The maximum absolute atomic E-state index is 12.1. The number of halogens is 2. The Balaban J connectivity index is 2.32. The lowest BCUT2D eigenvalue weighted by molar-refractivity contribution is -0.159. The normalized spacial score (nSPS) is 11.9. The van der Waals surface area contributed by atoms with E-state index in [-0.39, 0.29) is 11.7 Å². The Morgan fingerprint density at radius 3 is 1.81 bits per heavy atom. The van der Waals surface area contributed by atoms with E-state index in [0.717, 1.165) is 10.5 Å². The van der Waals surface area contributed by atoms with Crippen LogP contribution in [0.3, 0.4) is 0 Å². The molecule has 0 saturated heterocycles. The Morgan fingerprint density at radius 2 is 1.35 bits per heavy atom. The van der Waals surface area contributed by atoms with E-state index in [0.29, 0.717) is 10.0 Å². The maximum Gasteiger partial charge on any atom is 0.320 e. The first kappa shape index (κ1) is 20.6. The summed E-state index contributed by atoms with van der Waals surface area (Å²) in [4.78, 5) is 25.1. The molecule has 0 bridgehead atoms. The van der Waals surface area contributed by atoms with Gasteiger partial charge in [0.15, 0.2) is 5.92 Å². The zero-order chi connectivity index (χ0) is 19.1. The van der Waals surface area contributed by atoms with E-state index in [4.69, 9.17) is 32.7 Å². The summed E-state index contributed by atoms with van der Waals surface area (Å²) in [7, 11) is 2.50. The number of carbonyl (C=O) groups excluding carboxylic acids is 2. The van der Waals surface area contributed by atoms with Gasteiger partial charge in [0, 0.05) is 20.2 Å². The van der Waals surface area contributed by atoms with Crippen LogP contribution in [-0.4, -0.2) is 26.2 Å². The van der Waals surface area contributed by atoms with Gasteiger partial charge in [0.05, 0.1) is 14.2 Å². The highest BCUT2D eigenvalue weighted by Crippen LogP contribution is 2.40. The Morgan fingerprint density at radius 1 is 0.885 bits per heavy atom. The van der Waals surface area contributed by atoms with Crippen LogP contribution >= 0.6 is 35.0 Å². The van der Waals surface area contributed by atoms with Crippen molar-refractivity contribution in [1.82, 2.24) is 0 Å². The summed E-state index contributed by atoms with van der Waals surface area (Å²) in [5.41, 5.74) is 0.937. The van der Waals surface area contributed by atoms with Gasteiger partial charge in [-0.15, -0.1) is 11.8 Å². The quantitative estimate of drug-likeness (QED) is 0.356. The maximum atomic E-state index is 12.1. The van der Waals surface area contributed by atoms with Crippen LogP contribution < -0.4 is 0 Å². The number of carbonyl (C=O) groups is 2. The van der Waals surface area contributed by atoms with Crippen LogP contribution in [-0.2, 0) is 19.1 Å². The molecule has 0 amide bonds. The van der Waals surface area contributed by atoms with Crippen molar-refractivity contribution in [3.8, 4) is 0 Å². The first-order valence-electron chi connectivity index (χ1n) is 7.78. The second-order valence-corrected chi connectivity index (χ2v) is 7.60. The van der Waals surface area contributed by atoms with Gasteiger partial charge in [0.25, 0.3) is 0 Å². The minimum Gasteiger partial charge on any atom is -0.468 e. The van der Waals surface area contributed by atoms with Crippen molar-refractivity contribution in [2.45, 2.75) is 16.6 Å². The lowest BCUT2D eigenvalue weighted by Gasteiger charge is -2.21. The van der Waals surface area contributed by atoms with Crippen molar-refractivity contribution in [3.05, 3.63) is 64.1 Å².